The third-order valence-electron chi connectivity index (χ3n) is 4.75. The van der Waals surface area contributed by atoms with E-state index >= 15 is 0 Å². The fourth-order valence-corrected chi connectivity index (χ4v) is 3.42. The minimum atomic E-state index is -0.393. The molecule has 0 atom stereocenters. The maximum absolute atomic E-state index is 12.4. The number of carbonyl (C=O) groups is 1. The van der Waals surface area contributed by atoms with Crippen LogP contribution < -0.4 is 15.9 Å². The van der Waals surface area contributed by atoms with Crippen LogP contribution in [0.3, 0.4) is 0 Å². The first-order chi connectivity index (χ1) is 12.5. The highest BCUT2D eigenvalue weighted by Crippen LogP contribution is 2.22. The Bertz CT molecular complexity index is 836. The summed E-state index contributed by atoms with van der Waals surface area (Å²) in [5.74, 6) is -0.228. The average molecular weight is 354 g/mol. The van der Waals surface area contributed by atoms with Gasteiger partial charge in [0.05, 0.1) is 0 Å². The van der Waals surface area contributed by atoms with Crippen molar-refractivity contribution in [2.75, 3.05) is 23.3 Å². The number of rotatable bonds is 4. The number of hydrogen-bond acceptors (Lipinski definition) is 4. The van der Waals surface area contributed by atoms with Gasteiger partial charge < -0.3 is 10.2 Å². The number of nitrogens with zero attached hydrogens (tertiary/aromatic N) is 3. The number of benzene rings is 1. The van der Waals surface area contributed by atoms with Crippen LogP contribution in [0.4, 0.5) is 11.4 Å². The van der Waals surface area contributed by atoms with Gasteiger partial charge in [-0.2, -0.15) is 4.98 Å². The summed E-state index contributed by atoms with van der Waals surface area (Å²) in [5, 5.41) is 2.90. The number of nitrogens with one attached hydrogen (secondary N) is 1. The summed E-state index contributed by atoms with van der Waals surface area (Å²) in [6, 6.07) is 9.73. The van der Waals surface area contributed by atoms with Crippen LogP contribution in [-0.2, 0) is 11.3 Å². The zero-order chi connectivity index (χ0) is 18.5. The molecule has 0 spiro atoms. The van der Waals surface area contributed by atoms with Gasteiger partial charge in [0.15, 0.2) is 0 Å². The molecular formula is C20H26N4O2. The van der Waals surface area contributed by atoms with Gasteiger partial charge in [-0.25, -0.2) is 4.79 Å². The molecule has 1 amide bonds. The molecule has 2 aromatic rings. The summed E-state index contributed by atoms with van der Waals surface area (Å²) in [4.78, 5) is 30.7. The first kappa shape index (κ1) is 18.2. The number of hydrogen-bond donors (Lipinski definition) is 1. The molecule has 138 valence electrons. The van der Waals surface area contributed by atoms with Crippen LogP contribution in [0.1, 0.15) is 37.1 Å². The van der Waals surface area contributed by atoms with E-state index in [0.29, 0.717) is 5.69 Å². The van der Waals surface area contributed by atoms with Crippen molar-refractivity contribution in [3.05, 3.63) is 52.2 Å². The van der Waals surface area contributed by atoms with Crippen LogP contribution in [0.15, 0.2) is 35.1 Å². The van der Waals surface area contributed by atoms with Crippen molar-refractivity contribution in [2.24, 2.45) is 0 Å². The lowest BCUT2D eigenvalue weighted by Crippen LogP contribution is -2.31. The lowest BCUT2D eigenvalue weighted by molar-refractivity contribution is -0.116. The number of aryl methyl sites for hydroxylation is 2. The van der Waals surface area contributed by atoms with Gasteiger partial charge in [0.2, 0.25) is 5.91 Å². The molecule has 1 N–H and O–H groups in total. The molecule has 1 saturated heterocycles. The predicted molar refractivity (Wildman–Crippen MR) is 104 cm³/mol. The van der Waals surface area contributed by atoms with Gasteiger partial charge in [-0.3, -0.25) is 9.36 Å². The van der Waals surface area contributed by atoms with E-state index in [9.17, 15) is 9.59 Å². The fourth-order valence-electron chi connectivity index (χ4n) is 3.42. The van der Waals surface area contributed by atoms with E-state index in [0.717, 1.165) is 30.2 Å². The Hall–Kier alpha value is -2.63. The summed E-state index contributed by atoms with van der Waals surface area (Å²) in [6.45, 7) is 5.66. The summed E-state index contributed by atoms with van der Waals surface area (Å²) < 4.78 is 1.39. The van der Waals surface area contributed by atoms with E-state index in [2.05, 4.69) is 21.3 Å². The first-order valence-electron chi connectivity index (χ1n) is 9.23. The molecule has 0 saturated carbocycles. The molecule has 3 rings (SSSR count). The predicted octanol–water partition coefficient (Wildman–Crippen LogP) is 2.88. The van der Waals surface area contributed by atoms with E-state index in [-0.39, 0.29) is 12.5 Å². The number of amides is 1. The number of carbonyl (C=O) groups excluding carboxylic acids is 1. The maximum Gasteiger partial charge on any atom is 0.348 e. The molecule has 1 aromatic carbocycles. The zero-order valence-electron chi connectivity index (χ0n) is 15.5. The lowest BCUT2D eigenvalue weighted by Gasteiger charge is -2.23. The molecule has 1 aliphatic rings. The number of aromatic nitrogens is 2. The van der Waals surface area contributed by atoms with Crippen LogP contribution in [0.5, 0.6) is 0 Å². The molecule has 1 aromatic heterocycles. The summed E-state index contributed by atoms with van der Waals surface area (Å²) >= 11 is 0. The minimum absolute atomic E-state index is 0.0358. The van der Waals surface area contributed by atoms with Crippen LogP contribution in [0.25, 0.3) is 0 Å². The van der Waals surface area contributed by atoms with Crippen LogP contribution >= 0.6 is 0 Å². The number of anilines is 2. The molecule has 1 fully saturated rings. The van der Waals surface area contributed by atoms with Crippen molar-refractivity contribution < 1.29 is 4.79 Å². The van der Waals surface area contributed by atoms with Gasteiger partial charge in [-0.15, -0.1) is 0 Å². The van der Waals surface area contributed by atoms with Gasteiger partial charge in [-0.05, 0) is 51.0 Å². The standard InChI is InChI=1S/C20H26N4O2/c1-15-12-16(2)24(20(26)21-15)14-19(25)22-17-8-7-9-18(13-17)23-10-5-3-4-6-11-23/h7-9,12-13H,3-6,10-11,14H2,1-2H3,(H,22,25). The molecule has 26 heavy (non-hydrogen) atoms. The maximum atomic E-state index is 12.4. The molecule has 0 unspecified atom stereocenters. The van der Waals surface area contributed by atoms with Gasteiger partial charge >= 0.3 is 5.69 Å². The Morgan fingerprint density at radius 1 is 1.12 bits per heavy atom. The second-order valence-electron chi connectivity index (χ2n) is 6.91. The normalized spacial score (nSPS) is 14.8. The highest BCUT2D eigenvalue weighted by Gasteiger charge is 2.12. The monoisotopic (exact) mass is 354 g/mol. The largest absolute Gasteiger partial charge is 0.371 e. The minimum Gasteiger partial charge on any atom is -0.371 e. The molecule has 0 bridgehead atoms. The van der Waals surface area contributed by atoms with Crippen LogP contribution in [-0.4, -0.2) is 28.5 Å². The Kier molecular flexibility index (Phi) is 5.71. The Morgan fingerprint density at radius 3 is 2.54 bits per heavy atom. The van der Waals surface area contributed by atoms with Gasteiger partial charge in [0.1, 0.15) is 6.54 Å². The van der Waals surface area contributed by atoms with Gasteiger partial charge in [-0.1, -0.05) is 18.9 Å². The van der Waals surface area contributed by atoms with Crippen molar-refractivity contribution >= 4 is 17.3 Å². The Balaban J connectivity index is 1.70. The Labute approximate surface area is 153 Å². The van der Waals surface area contributed by atoms with Crippen molar-refractivity contribution in [3.8, 4) is 0 Å². The summed E-state index contributed by atoms with van der Waals surface area (Å²) in [6.07, 6.45) is 4.98. The van der Waals surface area contributed by atoms with Crippen LogP contribution in [0.2, 0.25) is 0 Å². The topological polar surface area (TPSA) is 67.2 Å². The second kappa shape index (κ2) is 8.17. The highest BCUT2D eigenvalue weighted by atomic mass is 16.2. The van der Waals surface area contributed by atoms with E-state index in [1.165, 1.54) is 30.3 Å². The smallest absolute Gasteiger partial charge is 0.348 e. The SMILES string of the molecule is Cc1cc(C)n(CC(=O)Nc2cccc(N3CCCCCC3)c2)c(=O)n1. The van der Waals surface area contributed by atoms with E-state index in [1.807, 2.05) is 25.1 Å². The first-order valence-corrected chi connectivity index (χ1v) is 9.23. The van der Waals surface area contributed by atoms with Crippen molar-refractivity contribution in [1.82, 2.24) is 9.55 Å². The summed E-state index contributed by atoms with van der Waals surface area (Å²) in [5.41, 5.74) is 2.89. The van der Waals surface area contributed by atoms with Gasteiger partial charge in [0.25, 0.3) is 0 Å². The third-order valence-corrected chi connectivity index (χ3v) is 4.75. The molecule has 0 radical (unpaired) electrons. The molecular weight excluding hydrogens is 328 g/mol. The molecule has 6 heteroatoms. The van der Waals surface area contributed by atoms with Crippen molar-refractivity contribution in [2.45, 2.75) is 46.1 Å². The summed E-state index contributed by atoms with van der Waals surface area (Å²) in [7, 11) is 0. The zero-order valence-corrected chi connectivity index (χ0v) is 15.5. The molecule has 6 nitrogen and oxygen atoms in total. The van der Waals surface area contributed by atoms with E-state index in [4.69, 9.17) is 0 Å². The van der Waals surface area contributed by atoms with Crippen molar-refractivity contribution in [1.29, 1.82) is 0 Å². The quantitative estimate of drug-likeness (QED) is 0.917. The lowest BCUT2D eigenvalue weighted by atomic mass is 10.2. The highest BCUT2D eigenvalue weighted by molar-refractivity contribution is 5.91. The molecule has 2 heterocycles. The Morgan fingerprint density at radius 2 is 1.85 bits per heavy atom. The second-order valence-corrected chi connectivity index (χ2v) is 6.91. The molecule has 0 aliphatic carbocycles. The average Bonchev–Trinajstić information content (AvgIpc) is 2.88. The van der Waals surface area contributed by atoms with E-state index < -0.39 is 5.69 Å². The van der Waals surface area contributed by atoms with E-state index in [1.54, 1.807) is 13.0 Å². The van der Waals surface area contributed by atoms with Crippen molar-refractivity contribution in [3.63, 3.8) is 0 Å². The van der Waals surface area contributed by atoms with Crippen LogP contribution in [0, 0.1) is 13.8 Å². The van der Waals surface area contributed by atoms with Gasteiger partial charge in [0, 0.05) is 35.9 Å². The fraction of sp³-hybridized carbons (Fsp3) is 0.450. The third kappa shape index (κ3) is 4.50. The molecule has 1 aliphatic heterocycles.